The van der Waals surface area contributed by atoms with Gasteiger partial charge in [0.2, 0.25) is 5.88 Å². The number of pyridine rings is 1. The van der Waals surface area contributed by atoms with Crippen molar-refractivity contribution in [2.24, 2.45) is 0 Å². The monoisotopic (exact) mass is 312 g/mol. The maximum Gasteiger partial charge on any atom is 0.218 e. The molecule has 1 N–H and O–H groups in total. The topological polar surface area (TPSA) is 34.1 Å². The highest BCUT2D eigenvalue weighted by Gasteiger charge is 2.12. The lowest BCUT2D eigenvalue weighted by molar-refractivity contribution is 0.338. The van der Waals surface area contributed by atoms with Gasteiger partial charge in [-0.25, -0.2) is 4.98 Å². The van der Waals surface area contributed by atoms with Crippen LogP contribution in [0, 0.1) is 0 Å². The van der Waals surface area contributed by atoms with Crippen LogP contribution in [0.2, 0.25) is 0 Å². The van der Waals surface area contributed by atoms with Gasteiger partial charge in [0.05, 0.1) is 0 Å². The van der Waals surface area contributed by atoms with Gasteiger partial charge in [-0.1, -0.05) is 12.2 Å². The number of hydrogen-bond donors (Lipinski definition) is 1. The first-order valence-electron chi connectivity index (χ1n) is 6.06. The van der Waals surface area contributed by atoms with Gasteiger partial charge in [-0.2, -0.15) is 0 Å². The Morgan fingerprint density at radius 1 is 1.44 bits per heavy atom. The summed E-state index contributed by atoms with van der Waals surface area (Å²) in [6, 6.07) is 2.04. The van der Waals surface area contributed by atoms with Crippen LogP contribution in [0.1, 0.15) is 33.3 Å². The van der Waals surface area contributed by atoms with Gasteiger partial charge < -0.3 is 10.1 Å². The van der Waals surface area contributed by atoms with Crippen LogP contribution < -0.4 is 10.1 Å². The number of nitrogens with one attached hydrogen (secondary N) is 1. The van der Waals surface area contributed by atoms with Crippen molar-refractivity contribution in [1.82, 2.24) is 10.3 Å². The van der Waals surface area contributed by atoms with Gasteiger partial charge >= 0.3 is 0 Å². The highest BCUT2D eigenvalue weighted by molar-refractivity contribution is 9.10. The maximum absolute atomic E-state index is 5.64. The molecule has 1 rings (SSSR count). The van der Waals surface area contributed by atoms with Crippen LogP contribution in [-0.2, 0) is 6.54 Å². The molecule has 0 unspecified atom stereocenters. The number of rotatable bonds is 5. The molecule has 0 aliphatic heterocycles. The first kappa shape index (κ1) is 15.2. The van der Waals surface area contributed by atoms with E-state index in [1.54, 1.807) is 6.20 Å². The summed E-state index contributed by atoms with van der Waals surface area (Å²) in [7, 11) is 0. The quantitative estimate of drug-likeness (QED) is 0.842. The molecule has 0 atom stereocenters. The molecule has 0 fully saturated rings. The van der Waals surface area contributed by atoms with Crippen molar-refractivity contribution in [2.75, 3.05) is 6.61 Å². The number of hydrogen-bond acceptors (Lipinski definition) is 3. The van der Waals surface area contributed by atoms with E-state index in [1.807, 2.05) is 25.1 Å². The molecule has 0 spiro atoms. The zero-order valence-corrected chi connectivity index (χ0v) is 13.0. The molecule has 100 valence electrons. The molecular weight excluding hydrogens is 292 g/mol. The number of nitrogens with zero attached hydrogens (tertiary/aromatic N) is 1. The average Bonchev–Trinajstić information content (AvgIpc) is 2.28. The van der Waals surface area contributed by atoms with Crippen LogP contribution in [0.4, 0.5) is 0 Å². The molecule has 1 heterocycles. The predicted octanol–water partition coefficient (Wildman–Crippen LogP) is 3.69. The molecule has 18 heavy (non-hydrogen) atoms. The molecule has 0 aromatic carbocycles. The SMILES string of the molecule is CC=CCOc1ncc(Br)cc1CNC(C)(C)C. The van der Waals surface area contributed by atoms with E-state index in [1.165, 1.54) is 0 Å². The van der Waals surface area contributed by atoms with Crippen molar-refractivity contribution in [2.45, 2.75) is 39.8 Å². The van der Waals surface area contributed by atoms with E-state index >= 15 is 0 Å². The minimum absolute atomic E-state index is 0.0723. The standard InChI is InChI=1S/C14H21BrN2O/c1-5-6-7-18-13-11(8-12(15)10-16-13)9-17-14(2,3)4/h5-6,8,10,17H,7,9H2,1-4H3. The van der Waals surface area contributed by atoms with E-state index in [2.05, 4.69) is 47.0 Å². The van der Waals surface area contributed by atoms with Crippen molar-refractivity contribution in [3.8, 4) is 5.88 Å². The largest absolute Gasteiger partial charge is 0.473 e. The highest BCUT2D eigenvalue weighted by Crippen LogP contribution is 2.20. The Hall–Kier alpha value is -0.870. The molecule has 1 aromatic rings. The number of ether oxygens (including phenoxy) is 1. The van der Waals surface area contributed by atoms with E-state index in [4.69, 9.17) is 4.74 Å². The summed E-state index contributed by atoms with van der Waals surface area (Å²) in [5.74, 6) is 0.688. The van der Waals surface area contributed by atoms with Gasteiger partial charge in [-0.3, -0.25) is 0 Å². The van der Waals surface area contributed by atoms with Crippen LogP contribution in [0.3, 0.4) is 0 Å². The van der Waals surface area contributed by atoms with Gasteiger partial charge in [0.25, 0.3) is 0 Å². The smallest absolute Gasteiger partial charge is 0.218 e. The fourth-order valence-electron chi connectivity index (χ4n) is 1.31. The Balaban J connectivity index is 2.76. The van der Waals surface area contributed by atoms with Crippen LogP contribution >= 0.6 is 15.9 Å². The molecule has 0 bridgehead atoms. The van der Waals surface area contributed by atoms with Gasteiger partial charge in [0, 0.05) is 28.3 Å². The Labute approximate surface area is 118 Å². The molecule has 3 nitrogen and oxygen atoms in total. The summed E-state index contributed by atoms with van der Waals surface area (Å²) in [6.45, 7) is 9.67. The lowest BCUT2D eigenvalue weighted by Gasteiger charge is -2.21. The highest BCUT2D eigenvalue weighted by atomic mass is 79.9. The van der Waals surface area contributed by atoms with Crippen molar-refractivity contribution in [3.05, 3.63) is 34.5 Å². The van der Waals surface area contributed by atoms with Gasteiger partial charge in [-0.05, 0) is 49.7 Å². The fraction of sp³-hybridized carbons (Fsp3) is 0.500. The summed E-state index contributed by atoms with van der Waals surface area (Å²) in [6.07, 6.45) is 5.68. The van der Waals surface area contributed by atoms with E-state index in [9.17, 15) is 0 Å². The van der Waals surface area contributed by atoms with Crippen LogP contribution in [-0.4, -0.2) is 17.1 Å². The number of allylic oxidation sites excluding steroid dienone is 1. The third kappa shape index (κ3) is 5.65. The second-order valence-corrected chi connectivity index (χ2v) is 6.02. The van der Waals surface area contributed by atoms with Gasteiger partial charge in [-0.15, -0.1) is 0 Å². The molecule has 0 radical (unpaired) electrons. The average molecular weight is 313 g/mol. The van der Waals surface area contributed by atoms with Crippen molar-refractivity contribution < 1.29 is 4.74 Å². The molecule has 4 heteroatoms. The van der Waals surface area contributed by atoms with Gasteiger partial charge in [0.1, 0.15) is 6.61 Å². The first-order chi connectivity index (χ1) is 8.42. The Kier molecular flexibility index (Phi) is 5.82. The number of aromatic nitrogens is 1. The molecule has 0 aliphatic rings. The zero-order valence-electron chi connectivity index (χ0n) is 11.5. The van der Waals surface area contributed by atoms with Crippen LogP contribution in [0.15, 0.2) is 28.9 Å². The fourth-order valence-corrected chi connectivity index (χ4v) is 1.69. The van der Waals surface area contributed by atoms with Gasteiger partial charge in [0.15, 0.2) is 0 Å². The normalized spacial score (nSPS) is 12.1. The predicted molar refractivity (Wildman–Crippen MR) is 78.8 cm³/mol. The minimum atomic E-state index is 0.0723. The van der Waals surface area contributed by atoms with Crippen LogP contribution in [0.25, 0.3) is 0 Å². The van der Waals surface area contributed by atoms with E-state index < -0.39 is 0 Å². The third-order valence-electron chi connectivity index (χ3n) is 2.25. The first-order valence-corrected chi connectivity index (χ1v) is 6.85. The Morgan fingerprint density at radius 2 is 2.17 bits per heavy atom. The zero-order chi connectivity index (χ0) is 13.6. The molecule has 0 aliphatic carbocycles. The van der Waals surface area contributed by atoms with E-state index in [0.717, 1.165) is 16.6 Å². The van der Waals surface area contributed by atoms with Crippen LogP contribution in [0.5, 0.6) is 5.88 Å². The summed E-state index contributed by atoms with van der Waals surface area (Å²) >= 11 is 3.44. The lowest BCUT2D eigenvalue weighted by Crippen LogP contribution is -2.35. The maximum atomic E-state index is 5.64. The van der Waals surface area contributed by atoms with E-state index in [0.29, 0.717) is 12.5 Å². The molecule has 0 amide bonds. The van der Waals surface area contributed by atoms with Crippen molar-refractivity contribution >= 4 is 15.9 Å². The second kappa shape index (κ2) is 6.90. The molecule has 0 saturated heterocycles. The van der Waals surface area contributed by atoms with Crippen molar-refractivity contribution in [3.63, 3.8) is 0 Å². The van der Waals surface area contributed by atoms with Crippen molar-refractivity contribution in [1.29, 1.82) is 0 Å². The Morgan fingerprint density at radius 3 is 2.78 bits per heavy atom. The second-order valence-electron chi connectivity index (χ2n) is 5.10. The summed E-state index contributed by atoms with van der Waals surface area (Å²) in [5, 5.41) is 3.44. The molecular formula is C14H21BrN2O. The molecule has 1 aromatic heterocycles. The summed E-state index contributed by atoms with van der Waals surface area (Å²) in [5.41, 5.74) is 1.13. The molecule has 0 saturated carbocycles. The lowest BCUT2D eigenvalue weighted by atomic mass is 10.1. The Bertz CT molecular complexity index is 411. The van der Waals surface area contributed by atoms with E-state index in [-0.39, 0.29) is 5.54 Å². The summed E-state index contributed by atoms with van der Waals surface area (Å²) in [4.78, 5) is 4.31. The minimum Gasteiger partial charge on any atom is -0.473 e. The summed E-state index contributed by atoms with van der Waals surface area (Å²) < 4.78 is 6.60. The number of halogens is 1. The third-order valence-corrected chi connectivity index (χ3v) is 2.69.